The van der Waals surface area contributed by atoms with Crippen molar-refractivity contribution >= 4 is 0 Å². The molecule has 3 heteroatoms. The van der Waals surface area contributed by atoms with Crippen LogP contribution in [0.5, 0.6) is 5.75 Å². The van der Waals surface area contributed by atoms with Crippen molar-refractivity contribution in [3.63, 3.8) is 0 Å². The van der Waals surface area contributed by atoms with Crippen LogP contribution in [0, 0.1) is 0 Å². The third-order valence-corrected chi connectivity index (χ3v) is 6.06. The van der Waals surface area contributed by atoms with Crippen LogP contribution in [-0.4, -0.2) is 16.6 Å². The van der Waals surface area contributed by atoms with Gasteiger partial charge in [0.2, 0.25) is 0 Å². The lowest BCUT2D eigenvalue weighted by atomic mass is 10.1. The van der Waals surface area contributed by atoms with E-state index >= 15 is 0 Å². The second kappa shape index (κ2) is 18.3. The van der Waals surface area contributed by atoms with Gasteiger partial charge in [0.25, 0.3) is 0 Å². The molecule has 0 N–H and O–H groups in total. The summed E-state index contributed by atoms with van der Waals surface area (Å²) in [6.07, 6.45) is 27.6. The van der Waals surface area contributed by atoms with E-state index in [9.17, 15) is 0 Å². The average Bonchev–Trinajstić information content (AvgIpc) is 2.85. The number of aromatic nitrogens is 2. The zero-order valence-electron chi connectivity index (χ0n) is 21.2. The van der Waals surface area contributed by atoms with E-state index in [1.54, 1.807) is 0 Å². The Labute approximate surface area is 203 Å². The quantitative estimate of drug-likeness (QED) is 0.158. The number of rotatable bonds is 19. The largest absolute Gasteiger partial charge is 0.494 e. The number of hydrogen-bond donors (Lipinski definition) is 0. The number of aryl methyl sites for hydroxylation is 1. The molecule has 0 aliphatic rings. The lowest BCUT2D eigenvalue weighted by Crippen LogP contribution is -1.97. The summed E-state index contributed by atoms with van der Waals surface area (Å²) in [4.78, 5) is 9.16. The molecule has 3 nitrogen and oxygen atoms in total. The summed E-state index contributed by atoms with van der Waals surface area (Å²) in [6.45, 7) is 5.29. The van der Waals surface area contributed by atoms with Gasteiger partial charge in [-0.2, -0.15) is 0 Å². The van der Waals surface area contributed by atoms with Gasteiger partial charge in [-0.15, -0.1) is 0 Å². The summed E-state index contributed by atoms with van der Waals surface area (Å²) >= 11 is 0. The van der Waals surface area contributed by atoms with Gasteiger partial charge in [-0.3, -0.25) is 0 Å². The molecule has 0 bridgehead atoms. The summed E-state index contributed by atoms with van der Waals surface area (Å²) in [6, 6.07) is 8.18. The summed E-state index contributed by atoms with van der Waals surface area (Å²) in [5, 5.41) is 0. The van der Waals surface area contributed by atoms with E-state index in [0.717, 1.165) is 36.6 Å². The molecule has 0 aliphatic heterocycles. The Kier molecular flexibility index (Phi) is 15.0. The SMILES string of the molecule is CCCCC=CCCCCCCOc1ccc(-c2ncc(CCCCCCCC)cn2)cc1. The van der Waals surface area contributed by atoms with Gasteiger partial charge in [0.15, 0.2) is 5.82 Å². The van der Waals surface area contributed by atoms with Crippen LogP contribution in [-0.2, 0) is 6.42 Å². The van der Waals surface area contributed by atoms with Crippen LogP contribution in [0.4, 0.5) is 0 Å². The van der Waals surface area contributed by atoms with Gasteiger partial charge in [0, 0.05) is 18.0 Å². The van der Waals surface area contributed by atoms with Crippen LogP contribution < -0.4 is 4.74 Å². The van der Waals surface area contributed by atoms with Crippen LogP contribution in [0.25, 0.3) is 11.4 Å². The average molecular weight is 451 g/mol. The Morgan fingerprint density at radius 1 is 0.667 bits per heavy atom. The fourth-order valence-corrected chi connectivity index (χ4v) is 3.91. The van der Waals surface area contributed by atoms with Crippen LogP contribution in [0.2, 0.25) is 0 Å². The van der Waals surface area contributed by atoms with E-state index in [1.165, 1.54) is 89.0 Å². The summed E-state index contributed by atoms with van der Waals surface area (Å²) < 4.78 is 5.91. The maximum Gasteiger partial charge on any atom is 0.159 e. The van der Waals surface area contributed by atoms with E-state index in [0.29, 0.717) is 0 Å². The highest BCUT2D eigenvalue weighted by Crippen LogP contribution is 2.20. The van der Waals surface area contributed by atoms with Gasteiger partial charge in [0.1, 0.15) is 5.75 Å². The molecule has 0 spiro atoms. The first-order valence-corrected chi connectivity index (χ1v) is 13.5. The molecule has 2 aromatic rings. The van der Waals surface area contributed by atoms with Gasteiger partial charge in [-0.05, 0) is 68.4 Å². The summed E-state index contributed by atoms with van der Waals surface area (Å²) in [5.74, 6) is 1.72. The molecule has 1 aromatic carbocycles. The van der Waals surface area contributed by atoms with Crippen LogP contribution in [0.1, 0.15) is 109 Å². The normalized spacial score (nSPS) is 11.3. The Hall–Kier alpha value is -2.16. The molecule has 0 aliphatic carbocycles. The Morgan fingerprint density at radius 2 is 1.27 bits per heavy atom. The van der Waals surface area contributed by atoms with Crippen LogP contribution in [0.3, 0.4) is 0 Å². The van der Waals surface area contributed by atoms with Crippen molar-refractivity contribution in [2.45, 2.75) is 110 Å². The predicted molar refractivity (Wildman–Crippen MR) is 142 cm³/mol. The standard InChI is InChI=1S/C30H46N2O/c1-3-5-7-9-11-12-13-14-16-18-24-33-29-22-20-28(21-23-29)30-31-25-27(26-32-30)19-17-15-10-8-6-4-2/h9,11,20-23,25-26H,3-8,10,12-19,24H2,1-2H3. The molecule has 0 saturated carbocycles. The van der Waals surface area contributed by atoms with Crippen molar-refractivity contribution in [3.8, 4) is 17.1 Å². The Bertz CT molecular complexity index is 737. The fourth-order valence-electron chi connectivity index (χ4n) is 3.91. The number of allylic oxidation sites excluding steroid dienone is 2. The van der Waals surface area contributed by atoms with Gasteiger partial charge >= 0.3 is 0 Å². The number of benzene rings is 1. The molecule has 1 heterocycles. The van der Waals surface area contributed by atoms with Crippen molar-refractivity contribution in [2.75, 3.05) is 6.61 Å². The lowest BCUT2D eigenvalue weighted by molar-refractivity contribution is 0.305. The second-order valence-electron chi connectivity index (χ2n) is 9.12. The summed E-state index contributed by atoms with van der Waals surface area (Å²) in [7, 11) is 0. The maximum atomic E-state index is 5.91. The number of ether oxygens (including phenoxy) is 1. The third kappa shape index (κ3) is 12.6. The summed E-state index contributed by atoms with van der Waals surface area (Å²) in [5.41, 5.74) is 2.28. The zero-order valence-corrected chi connectivity index (χ0v) is 21.2. The fraction of sp³-hybridized carbons (Fsp3) is 0.600. The first-order chi connectivity index (χ1) is 16.3. The zero-order chi connectivity index (χ0) is 23.4. The van der Waals surface area contributed by atoms with Crippen molar-refractivity contribution < 1.29 is 4.74 Å². The molecule has 2 rings (SSSR count). The molecule has 1 aromatic heterocycles. The van der Waals surface area contributed by atoms with Gasteiger partial charge in [-0.1, -0.05) is 83.8 Å². The van der Waals surface area contributed by atoms with Crippen molar-refractivity contribution in [1.29, 1.82) is 0 Å². The topological polar surface area (TPSA) is 35.0 Å². The van der Waals surface area contributed by atoms with Crippen molar-refractivity contribution in [3.05, 3.63) is 54.4 Å². The van der Waals surface area contributed by atoms with Gasteiger partial charge < -0.3 is 4.74 Å². The molecule has 33 heavy (non-hydrogen) atoms. The Balaban J connectivity index is 1.59. The molecule has 0 saturated heterocycles. The van der Waals surface area contributed by atoms with Gasteiger partial charge in [-0.25, -0.2) is 9.97 Å². The Morgan fingerprint density at radius 3 is 2.00 bits per heavy atom. The van der Waals surface area contributed by atoms with Crippen LogP contribution in [0.15, 0.2) is 48.8 Å². The number of hydrogen-bond acceptors (Lipinski definition) is 3. The van der Waals surface area contributed by atoms with Crippen molar-refractivity contribution in [2.24, 2.45) is 0 Å². The van der Waals surface area contributed by atoms with E-state index < -0.39 is 0 Å². The lowest BCUT2D eigenvalue weighted by Gasteiger charge is -2.07. The first-order valence-electron chi connectivity index (χ1n) is 13.5. The van der Waals surface area contributed by atoms with Crippen LogP contribution >= 0.6 is 0 Å². The second-order valence-corrected chi connectivity index (χ2v) is 9.12. The first kappa shape index (κ1) is 27.1. The molecular formula is C30H46N2O. The highest BCUT2D eigenvalue weighted by atomic mass is 16.5. The minimum Gasteiger partial charge on any atom is -0.494 e. The number of unbranched alkanes of at least 4 members (excludes halogenated alkanes) is 11. The van der Waals surface area contributed by atoms with E-state index in [4.69, 9.17) is 4.74 Å². The molecule has 182 valence electrons. The molecule has 0 atom stereocenters. The molecule has 0 amide bonds. The molecule has 0 radical (unpaired) electrons. The molecular weight excluding hydrogens is 404 g/mol. The van der Waals surface area contributed by atoms with E-state index in [2.05, 4.69) is 48.1 Å². The maximum absolute atomic E-state index is 5.91. The van der Waals surface area contributed by atoms with Crippen molar-refractivity contribution in [1.82, 2.24) is 9.97 Å². The number of nitrogens with zero attached hydrogens (tertiary/aromatic N) is 2. The highest BCUT2D eigenvalue weighted by Gasteiger charge is 2.03. The molecule has 0 unspecified atom stereocenters. The minimum absolute atomic E-state index is 0.787. The smallest absolute Gasteiger partial charge is 0.159 e. The minimum atomic E-state index is 0.787. The van der Waals surface area contributed by atoms with E-state index in [-0.39, 0.29) is 0 Å². The molecule has 0 fully saturated rings. The third-order valence-electron chi connectivity index (χ3n) is 6.06. The highest BCUT2D eigenvalue weighted by molar-refractivity contribution is 5.55. The van der Waals surface area contributed by atoms with E-state index in [1.807, 2.05) is 24.5 Å². The monoisotopic (exact) mass is 450 g/mol. The predicted octanol–water partition coefficient (Wildman–Crippen LogP) is 9.12. The van der Waals surface area contributed by atoms with Gasteiger partial charge in [0.05, 0.1) is 6.61 Å².